The van der Waals surface area contributed by atoms with Crippen LogP contribution in [0.4, 0.5) is 0 Å². The Morgan fingerprint density at radius 3 is 1.57 bits per heavy atom. The third kappa shape index (κ3) is 6.82. The quantitative estimate of drug-likeness (QED) is 0.548. The van der Waals surface area contributed by atoms with Crippen LogP contribution in [0.3, 0.4) is 0 Å². The zero-order valence-electron chi connectivity index (χ0n) is 3.89. The molecule has 0 aliphatic carbocycles. The fraction of sp³-hybridized carbons (Fsp3) is 1.00. The summed E-state index contributed by atoms with van der Waals surface area (Å²) in [6.07, 6.45) is 0. The molecule has 1 saturated heterocycles. The van der Waals surface area contributed by atoms with Crippen molar-refractivity contribution in [1.82, 2.24) is 0 Å². The zero-order chi connectivity index (χ0) is 3.54. The predicted molar refractivity (Wildman–Crippen MR) is 17.7 cm³/mol. The number of rotatable bonds is 0. The van der Waals surface area contributed by atoms with Crippen molar-refractivity contribution in [2.75, 3.05) is 13.2 Å². The van der Waals surface area contributed by atoms with Crippen molar-refractivity contribution in [2.45, 2.75) is 0 Å². The minimum atomic E-state index is -0.671. The Kier molecular flexibility index (Phi) is 16.1. The van der Waals surface area contributed by atoms with E-state index in [1.807, 2.05) is 0 Å². The SMILES string of the molecule is C1C[O][Sn][O]1.[Y].[Y]. The van der Waals surface area contributed by atoms with Gasteiger partial charge in [-0.15, -0.1) is 0 Å². The first-order valence-electron chi connectivity index (χ1n) is 1.49. The molecule has 0 aromatic heterocycles. The topological polar surface area (TPSA) is 18.5 Å². The van der Waals surface area contributed by atoms with Crippen molar-refractivity contribution in [3.8, 4) is 0 Å². The van der Waals surface area contributed by atoms with Crippen LogP contribution in [0.5, 0.6) is 0 Å². The van der Waals surface area contributed by atoms with E-state index < -0.39 is 22.0 Å². The normalized spacial score (nSPS) is 17.1. The molecule has 0 saturated carbocycles. The van der Waals surface area contributed by atoms with Gasteiger partial charge in [0, 0.05) is 65.4 Å². The molecule has 0 aromatic rings. The molecule has 34 valence electrons. The summed E-state index contributed by atoms with van der Waals surface area (Å²) < 4.78 is 9.78. The number of hydrogen-bond acceptors (Lipinski definition) is 2. The van der Waals surface area contributed by atoms with Gasteiger partial charge in [-0.2, -0.15) is 0 Å². The summed E-state index contributed by atoms with van der Waals surface area (Å²) in [6, 6.07) is 0. The minimum Gasteiger partial charge on any atom is 0 e. The fourth-order valence-corrected chi connectivity index (χ4v) is 1.40. The molecular weight excluding hydrogens is 353 g/mol. The van der Waals surface area contributed by atoms with Gasteiger partial charge in [-0.25, -0.2) is 0 Å². The Morgan fingerprint density at radius 2 is 1.43 bits per heavy atom. The second-order valence-corrected chi connectivity index (χ2v) is 2.90. The average molecular weight is 357 g/mol. The summed E-state index contributed by atoms with van der Waals surface area (Å²) in [6.45, 7) is 1.71. The van der Waals surface area contributed by atoms with Crippen molar-refractivity contribution in [2.24, 2.45) is 0 Å². The second-order valence-electron chi connectivity index (χ2n) is 0.780. The summed E-state index contributed by atoms with van der Waals surface area (Å²) in [4.78, 5) is 0. The maximum atomic E-state index is 4.89. The first-order valence-corrected chi connectivity index (χ1v) is 3.82. The molecule has 0 aromatic carbocycles. The van der Waals surface area contributed by atoms with Crippen LogP contribution >= 0.6 is 0 Å². The fourth-order valence-electron chi connectivity index (χ4n) is 0.208. The maximum Gasteiger partial charge on any atom is 0 e. The van der Waals surface area contributed by atoms with Crippen LogP contribution in [-0.4, -0.2) is 35.2 Å². The van der Waals surface area contributed by atoms with E-state index in [0.717, 1.165) is 13.2 Å². The summed E-state index contributed by atoms with van der Waals surface area (Å²) in [7, 11) is 0. The van der Waals surface area contributed by atoms with E-state index in [1.165, 1.54) is 0 Å². The molecule has 0 N–H and O–H groups in total. The van der Waals surface area contributed by atoms with Crippen LogP contribution in [0, 0.1) is 0 Å². The van der Waals surface area contributed by atoms with Gasteiger partial charge in [0.25, 0.3) is 0 Å². The van der Waals surface area contributed by atoms with Gasteiger partial charge >= 0.3 is 41.3 Å². The molecule has 0 amide bonds. The second kappa shape index (κ2) is 8.93. The zero-order valence-corrected chi connectivity index (χ0v) is 12.4. The van der Waals surface area contributed by atoms with Gasteiger partial charge in [-0.1, -0.05) is 0 Å². The van der Waals surface area contributed by atoms with Crippen LogP contribution in [0.2, 0.25) is 0 Å². The van der Waals surface area contributed by atoms with Crippen molar-refractivity contribution in [3.63, 3.8) is 0 Å². The van der Waals surface area contributed by atoms with E-state index in [9.17, 15) is 0 Å². The van der Waals surface area contributed by atoms with Crippen molar-refractivity contribution >= 4 is 22.0 Å². The van der Waals surface area contributed by atoms with Crippen LogP contribution in [0.25, 0.3) is 0 Å². The Labute approximate surface area is 105 Å². The summed E-state index contributed by atoms with van der Waals surface area (Å²) in [5.74, 6) is 0. The van der Waals surface area contributed by atoms with Crippen LogP contribution in [-0.2, 0) is 71.6 Å². The summed E-state index contributed by atoms with van der Waals surface area (Å²) in [5.41, 5.74) is 0. The molecule has 4 radical (unpaired) electrons. The molecule has 1 fully saturated rings. The molecule has 1 heterocycles. The van der Waals surface area contributed by atoms with E-state index in [-0.39, 0.29) is 65.4 Å². The Morgan fingerprint density at radius 1 is 1.00 bits per heavy atom. The Hall–Kier alpha value is 2.93. The maximum absolute atomic E-state index is 4.89. The molecule has 0 bridgehead atoms. The molecule has 0 unspecified atom stereocenters. The van der Waals surface area contributed by atoms with Gasteiger partial charge in [0.05, 0.1) is 0 Å². The Bertz CT molecular complexity index is 25.3. The molecular formula is C2H4O2SnY2. The van der Waals surface area contributed by atoms with Crippen molar-refractivity contribution in [3.05, 3.63) is 0 Å². The van der Waals surface area contributed by atoms with Gasteiger partial charge in [0.1, 0.15) is 0 Å². The van der Waals surface area contributed by atoms with Gasteiger partial charge in [0.15, 0.2) is 0 Å². The minimum absolute atomic E-state index is 0. The molecule has 7 heavy (non-hydrogen) atoms. The molecule has 2 nitrogen and oxygen atoms in total. The number of hydrogen-bond donors (Lipinski definition) is 0. The van der Waals surface area contributed by atoms with E-state index in [4.69, 9.17) is 6.15 Å². The molecule has 5 heteroatoms. The smallest absolute Gasteiger partial charge is 0 e. The third-order valence-electron chi connectivity index (χ3n) is 0.405. The van der Waals surface area contributed by atoms with Gasteiger partial charge in [0.2, 0.25) is 0 Å². The first kappa shape index (κ1) is 12.6. The average Bonchev–Trinajstić information content (AvgIpc) is 1.76. The van der Waals surface area contributed by atoms with Crippen LogP contribution < -0.4 is 0 Å². The van der Waals surface area contributed by atoms with E-state index >= 15 is 0 Å². The first-order chi connectivity index (χ1) is 2.50. The summed E-state index contributed by atoms with van der Waals surface area (Å²) >= 11 is -0.671. The Balaban J connectivity index is 0. The molecule has 1 aliphatic rings. The molecule has 0 spiro atoms. The molecule has 1 rings (SSSR count). The van der Waals surface area contributed by atoms with E-state index in [0.29, 0.717) is 0 Å². The summed E-state index contributed by atoms with van der Waals surface area (Å²) in [5, 5.41) is 0. The van der Waals surface area contributed by atoms with Gasteiger partial charge in [-0.05, 0) is 0 Å². The largest absolute Gasteiger partial charge is 0 e. The van der Waals surface area contributed by atoms with Crippen LogP contribution in [0.15, 0.2) is 0 Å². The molecule has 0 atom stereocenters. The standard InChI is InChI=1S/C2H4O2.Sn.2Y/c3-1-2-4;;;/h1-2H2;;;/q-2;+2;;. The van der Waals surface area contributed by atoms with Gasteiger partial charge in [-0.3, -0.25) is 0 Å². The predicted octanol–water partition coefficient (Wildman–Crippen LogP) is -0.438. The van der Waals surface area contributed by atoms with Crippen molar-refractivity contribution in [1.29, 1.82) is 0 Å². The monoisotopic (exact) mass is 358 g/mol. The van der Waals surface area contributed by atoms with E-state index in [2.05, 4.69) is 0 Å². The third-order valence-corrected chi connectivity index (χ3v) is 2.24. The van der Waals surface area contributed by atoms with Gasteiger partial charge < -0.3 is 0 Å². The van der Waals surface area contributed by atoms with E-state index in [1.54, 1.807) is 0 Å². The molecule has 1 aliphatic heterocycles. The van der Waals surface area contributed by atoms with Crippen LogP contribution in [0.1, 0.15) is 0 Å². The van der Waals surface area contributed by atoms with Crippen molar-refractivity contribution < 1.29 is 71.6 Å².